The van der Waals surface area contributed by atoms with Crippen LogP contribution in [0.25, 0.3) is 11.2 Å². The second-order valence-corrected chi connectivity index (χ2v) is 5.35. The van der Waals surface area contributed by atoms with Gasteiger partial charge in [0.1, 0.15) is 5.52 Å². The molecule has 21 heavy (non-hydrogen) atoms. The van der Waals surface area contributed by atoms with E-state index in [0.717, 1.165) is 18.4 Å². The van der Waals surface area contributed by atoms with E-state index in [2.05, 4.69) is 56.4 Å². The number of anilines is 1. The van der Waals surface area contributed by atoms with Crippen molar-refractivity contribution in [2.75, 3.05) is 5.32 Å². The SMILES string of the molecule is C[C@H](CCc1ccccc1)Nc1nc(Cl)nc2nc[nH]c12. The second kappa shape index (κ2) is 6.10. The number of nitrogens with zero attached hydrogens (tertiary/aromatic N) is 3. The predicted octanol–water partition coefficient (Wildman–Crippen LogP) is 3.44. The molecule has 108 valence electrons. The number of H-pyrrole nitrogens is 1. The molecule has 2 N–H and O–H groups in total. The number of aromatic nitrogens is 4. The zero-order valence-electron chi connectivity index (χ0n) is 11.7. The summed E-state index contributed by atoms with van der Waals surface area (Å²) in [4.78, 5) is 15.5. The van der Waals surface area contributed by atoms with Gasteiger partial charge in [-0.15, -0.1) is 0 Å². The molecular weight excluding hydrogens is 286 g/mol. The Bertz CT molecular complexity index is 725. The number of halogens is 1. The molecule has 2 aromatic heterocycles. The molecule has 0 bridgehead atoms. The zero-order valence-corrected chi connectivity index (χ0v) is 12.4. The molecule has 0 fully saturated rings. The van der Waals surface area contributed by atoms with Crippen molar-refractivity contribution < 1.29 is 0 Å². The number of fused-ring (bicyclic) bond motifs is 1. The van der Waals surface area contributed by atoms with Crippen molar-refractivity contribution in [1.29, 1.82) is 0 Å². The van der Waals surface area contributed by atoms with Gasteiger partial charge >= 0.3 is 0 Å². The number of aromatic amines is 1. The molecule has 1 aromatic carbocycles. The van der Waals surface area contributed by atoms with E-state index in [1.165, 1.54) is 5.56 Å². The Hall–Kier alpha value is -2.14. The highest BCUT2D eigenvalue weighted by Crippen LogP contribution is 2.20. The summed E-state index contributed by atoms with van der Waals surface area (Å²) in [6.45, 7) is 2.13. The normalized spacial score (nSPS) is 12.5. The maximum absolute atomic E-state index is 5.92. The number of hydrogen-bond acceptors (Lipinski definition) is 4. The van der Waals surface area contributed by atoms with Crippen LogP contribution in [0.3, 0.4) is 0 Å². The van der Waals surface area contributed by atoms with E-state index in [1.807, 2.05) is 6.07 Å². The Balaban J connectivity index is 1.68. The van der Waals surface area contributed by atoms with Crippen molar-refractivity contribution in [3.05, 3.63) is 47.5 Å². The number of rotatable bonds is 5. The van der Waals surface area contributed by atoms with Crippen LogP contribution >= 0.6 is 11.6 Å². The smallest absolute Gasteiger partial charge is 0.226 e. The molecule has 0 amide bonds. The quantitative estimate of drug-likeness (QED) is 0.708. The molecule has 1 atom stereocenters. The first-order valence-corrected chi connectivity index (χ1v) is 7.27. The molecule has 0 saturated carbocycles. The number of benzene rings is 1. The van der Waals surface area contributed by atoms with Crippen molar-refractivity contribution >= 4 is 28.6 Å². The molecule has 0 aliphatic rings. The average molecular weight is 302 g/mol. The van der Waals surface area contributed by atoms with Gasteiger partial charge in [0.15, 0.2) is 11.5 Å². The fraction of sp³-hybridized carbons (Fsp3) is 0.267. The molecule has 3 aromatic rings. The molecule has 2 heterocycles. The Morgan fingerprint density at radius 2 is 2.05 bits per heavy atom. The first-order valence-electron chi connectivity index (χ1n) is 6.89. The van der Waals surface area contributed by atoms with Gasteiger partial charge in [0, 0.05) is 6.04 Å². The van der Waals surface area contributed by atoms with Crippen LogP contribution in [0.4, 0.5) is 5.82 Å². The lowest BCUT2D eigenvalue weighted by Crippen LogP contribution is -2.17. The van der Waals surface area contributed by atoms with E-state index in [9.17, 15) is 0 Å². The maximum Gasteiger partial charge on any atom is 0.226 e. The summed E-state index contributed by atoms with van der Waals surface area (Å²) < 4.78 is 0. The maximum atomic E-state index is 5.92. The van der Waals surface area contributed by atoms with Gasteiger partial charge in [0.2, 0.25) is 5.28 Å². The third-order valence-electron chi connectivity index (χ3n) is 3.35. The van der Waals surface area contributed by atoms with Crippen LogP contribution in [0.15, 0.2) is 36.7 Å². The molecule has 0 aliphatic carbocycles. The van der Waals surface area contributed by atoms with Crippen molar-refractivity contribution in [3.63, 3.8) is 0 Å². The standard InChI is InChI=1S/C15H16ClN5/c1-10(7-8-11-5-3-2-4-6-11)19-14-12-13(18-9-17-12)20-15(16)21-14/h2-6,9-10H,7-8H2,1H3,(H2,17,18,19,20,21)/t10-/m1/s1. The van der Waals surface area contributed by atoms with Crippen LogP contribution in [0.1, 0.15) is 18.9 Å². The highest BCUT2D eigenvalue weighted by atomic mass is 35.5. The van der Waals surface area contributed by atoms with Crippen LogP contribution in [0.5, 0.6) is 0 Å². The van der Waals surface area contributed by atoms with E-state index in [-0.39, 0.29) is 11.3 Å². The predicted molar refractivity (Wildman–Crippen MR) is 84.5 cm³/mol. The summed E-state index contributed by atoms with van der Waals surface area (Å²) in [5.41, 5.74) is 2.69. The zero-order chi connectivity index (χ0) is 14.7. The second-order valence-electron chi connectivity index (χ2n) is 5.01. The van der Waals surface area contributed by atoms with Gasteiger partial charge < -0.3 is 10.3 Å². The van der Waals surface area contributed by atoms with Crippen LogP contribution < -0.4 is 5.32 Å². The van der Waals surface area contributed by atoms with Gasteiger partial charge in [-0.1, -0.05) is 30.3 Å². The van der Waals surface area contributed by atoms with Crippen LogP contribution in [-0.4, -0.2) is 26.0 Å². The molecule has 0 aliphatic heterocycles. The van der Waals surface area contributed by atoms with Gasteiger partial charge in [-0.05, 0) is 36.9 Å². The van der Waals surface area contributed by atoms with Crippen LogP contribution in [0.2, 0.25) is 5.28 Å². The van der Waals surface area contributed by atoms with Gasteiger partial charge in [-0.2, -0.15) is 9.97 Å². The molecular formula is C15H16ClN5. The third kappa shape index (κ3) is 3.31. The monoisotopic (exact) mass is 301 g/mol. The minimum Gasteiger partial charge on any atom is -0.366 e. The minimum absolute atomic E-state index is 0.201. The Kier molecular flexibility index (Phi) is 4.01. The number of nitrogens with one attached hydrogen (secondary N) is 2. The average Bonchev–Trinajstić information content (AvgIpc) is 2.94. The fourth-order valence-electron chi connectivity index (χ4n) is 2.24. The van der Waals surface area contributed by atoms with Crippen molar-refractivity contribution in [1.82, 2.24) is 19.9 Å². The molecule has 5 nitrogen and oxygen atoms in total. The van der Waals surface area contributed by atoms with E-state index in [0.29, 0.717) is 11.5 Å². The third-order valence-corrected chi connectivity index (χ3v) is 3.52. The summed E-state index contributed by atoms with van der Waals surface area (Å²) in [6.07, 6.45) is 3.61. The molecule has 0 spiro atoms. The Labute approximate surface area is 127 Å². The topological polar surface area (TPSA) is 66.5 Å². The number of imidazole rings is 1. The molecule has 3 rings (SSSR count). The molecule has 0 saturated heterocycles. The summed E-state index contributed by atoms with van der Waals surface area (Å²) in [6, 6.07) is 10.7. The van der Waals surface area contributed by atoms with Crippen molar-refractivity contribution in [2.24, 2.45) is 0 Å². The molecule has 0 radical (unpaired) electrons. The summed E-state index contributed by atoms with van der Waals surface area (Å²) in [5.74, 6) is 0.697. The van der Waals surface area contributed by atoms with E-state index in [4.69, 9.17) is 11.6 Å². The first kappa shape index (κ1) is 13.8. The highest BCUT2D eigenvalue weighted by Gasteiger charge is 2.11. The number of aryl methyl sites for hydroxylation is 1. The number of hydrogen-bond donors (Lipinski definition) is 2. The first-order chi connectivity index (χ1) is 10.2. The van der Waals surface area contributed by atoms with Gasteiger partial charge in [-0.25, -0.2) is 4.98 Å². The summed E-state index contributed by atoms with van der Waals surface area (Å²) in [5, 5.41) is 3.58. The highest BCUT2D eigenvalue weighted by molar-refractivity contribution is 6.28. The lowest BCUT2D eigenvalue weighted by Gasteiger charge is -2.15. The van der Waals surface area contributed by atoms with Crippen LogP contribution in [-0.2, 0) is 6.42 Å². The molecule has 6 heteroatoms. The Morgan fingerprint density at radius 1 is 1.24 bits per heavy atom. The van der Waals surface area contributed by atoms with Gasteiger partial charge in [0.25, 0.3) is 0 Å². The molecule has 0 unspecified atom stereocenters. The van der Waals surface area contributed by atoms with E-state index < -0.39 is 0 Å². The van der Waals surface area contributed by atoms with Gasteiger partial charge in [0.05, 0.1) is 6.33 Å². The van der Waals surface area contributed by atoms with Crippen molar-refractivity contribution in [3.8, 4) is 0 Å². The lowest BCUT2D eigenvalue weighted by atomic mass is 10.1. The summed E-state index contributed by atoms with van der Waals surface area (Å²) >= 11 is 5.92. The van der Waals surface area contributed by atoms with Crippen LogP contribution in [0, 0.1) is 0 Å². The fourth-order valence-corrected chi connectivity index (χ4v) is 2.41. The minimum atomic E-state index is 0.201. The van der Waals surface area contributed by atoms with Gasteiger partial charge in [-0.3, -0.25) is 0 Å². The largest absolute Gasteiger partial charge is 0.366 e. The Morgan fingerprint density at radius 3 is 2.86 bits per heavy atom. The van der Waals surface area contributed by atoms with E-state index >= 15 is 0 Å². The van der Waals surface area contributed by atoms with E-state index in [1.54, 1.807) is 6.33 Å². The van der Waals surface area contributed by atoms with Crippen molar-refractivity contribution in [2.45, 2.75) is 25.8 Å². The lowest BCUT2D eigenvalue weighted by molar-refractivity contribution is 0.703. The summed E-state index contributed by atoms with van der Waals surface area (Å²) in [7, 11) is 0.